The van der Waals surface area contributed by atoms with Crippen molar-refractivity contribution in [2.45, 2.75) is 17.9 Å². The third-order valence-corrected chi connectivity index (χ3v) is 6.70. The van der Waals surface area contributed by atoms with Crippen LogP contribution < -0.4 is 10.1 Å². The summed E-state index contributed by atoms with van der Waals surface area (Å²) in [6, 6.07) is 21.5. The quantitative estimate of drug-likeness (QED) is 0.508. The van der Waals surface area contributed by atoms with Crippen molar-refractivity contribution in [3.05, 3.63) is 95.8 Å². The van der Waals surface area contributed by atoms with Gasteiger partial charge in [0.15, 0.2) is 0 Å². The summed E-state index contributed by atoms with van der Waals surface area (Å²) in [5.41, 5.74) is 1.70. The van der Waals surface area contributed by atoms with Gasteiger partial charge < -0.3 is 10.1 Å². The van der Waals surface area contributed by atoms with Gasteiger partial charge in [0.1, 0.15) is 16.5 Å². The molecule has 0 saturated carbocycles. The van der Waals surface area contributed by atoms with E-state index in [4.69, 9.17) is 4.74 Å². The maximum absolute atomic E-state index is 14.3. The van der Waals surface area contributed by atoms with Crippen molar-refractivity contribution in [1.29, 1.82) is 0 Å². The highest BCUT2D eigenvalue weighted by Crippen LogP contribution is 2.21. The summed E-state index contributed by atoms with van der Waals surface area (Å²) in [6.07, 6.45) is 0.578. The molecule has 0 unspecified atom stereocenters. The second-order valence-corrected chi connectivity index (χ2v) is 9.04. The van der Waals surface area contributed by atoms with Crippen LogP contribution in [0.4, 0.5) is 4.39 Å². The maximum Gasteiger partial charge on any atom is 0.246 e. The molecule has 3 aromatic carbocycles. The Morgan fingerprint density at radius 1 is 0.938 bits per heavy atom. The van der Waals surface area contributed by atoms with Crippen LogP contribution in [0.25, 0.3) is 0 Å². The zero-order valence-electron chi connectivity index (χ0n) is 17.7. The number of benzene rings is 3. The number of rotatable bonds is 10. The monoisotopic (exact) mass is 456 g/mol. The van der Waals surface area contributed by atoms with Gasteiger partial charge in [0.2, 0.25) is 15.9 Å². The fraction of sp³-hybridized carbons (Fsp3) is 0.208. The first-order valence-electron chi connectivity index (χ1n) is 10.1. The third-order valence-electron chi connectivity index (χ3n) is 4.87. The summed E-state index contributed by atoms with van der Waals surface area (Å²) in [7, 11) is -2.64. The average Bonchev–Trinajstić information content (AvgIpc) is 2.80. The molecule has 0 aromatic heterocycles. The lowest BCUT2D eigenvalue weighted by Gasteiger charge is -2.22. The molecule has 0 aliphatic carbocycles. The third kappa shape index (κ3) is 6.15. The van der Waals surface area contributed by atoms with Crippen molar-refractivity contribution in [3.63, 3.8) is 0 Å². The van der Waals surface area contributed by atoms with Crippen molar-refractivity contribution in [1.82, 2.24) is 9.62 Å². The number of hydrogen-bond donors (Lipinski definition) is 1. The molecule has 0 fully saturated rings. The van der Waals surface area contributed by atoms with Crippen LogP contribution in [-0.4, -0.2) is 38.8 Å². The van der Waals surface area contributed by atoms with E-state index >= 15 is 0 Å². The number of methoxy groups -OCH3 is 1. The minimum atomic E-state index is -4.23. The smallest absolute Gasteiger partial charge is 0.246 e. The van der Waals surface area contributed by atoms with Crippen LogP contribution in [0.2, 0.25) is 0 Å². The molecule has 6 nitrogen and oxygen atoms in total. The Hall–Kier alpha value is -3.23. The minimum absolute atomic E-state index is 0.0522. The highest BCUT2D eigenvalue weighted by molar-refractivity contribution is 7.89. The lowest BCUT2D eigenvalue weighted by Crippen LogP contribution is -2.41. The molecular formula is C24H25FN2O4S. The molecule has 1 N–H and O–H groups in total. The zero-order chi connectivity index (χ0) is 23.0. The Labute approximate surface area is 187 Å². The lowest BCUT2D eigenvalue weighted by molar-refractivity contribution is -0.121. The molecule has 0 radical (unpaired) electrons. The molecular weight excluding hydrogens is 431 g/mol. The molecule has 0 saturated heterocycles. The number of hydrogen-bond acceptors (Lipinski definition) is 4. The molecule has 0 atom stereocenters. The van der Waals surface area contributed by atoms with E-state index in [1.807, 2.05) is 30.3 Å². The SMILES string of the molecule is COc1ccc(CCNC(=O)CN(Cc2ccccc2)S(=O)(=O)c2ccccc2F)cc1. The van der Waals surface area contributed by atoms with E-state index in [0.717, 1.165) is 21.7 Å². The first-order valence-corrected chi connectivity index (χ1v) is 11.5. The van der Waals surface area contributed by atoms with E-state index in [0.29, 0.717) is 18.5 Å². The lowest BCUT2D eigenvalue weighted by atomic mass is 10.1. The number of sulfonamides is 1. The normalized spacial score (nSPS) is 11.3. The van der Waals surface area contributed by atoms with E-state index in [2.05, 4.69) is 5.32 Å². The van der Waals surface area contributed by atoms with Crippen LogP contribution in [0.15, 0.2) is 83.8 Å². The highest BCUT2D eigenvalue weighted by atomic mass is 32.2. The zero-order valence-corrected chi connectivity index (χ0v) is 18.5. The Morgan fingerprint density at radius 3 is 2.25 bits per heavy atom. The van der Waals surface area contributed by atoms with Crippen molar-refractivity contribution < 1.29 is 22.3 Å². The number of amides is 1. The fourth-order valence-electron chi connectivity index (χ4n) is 3.16. The van der Waals surface area contributed by atoms with Gasteiger partial charge in [0.05, 0.1) is 13.7 Å². The Morgan fingerprint density at radius 2 is 1.59 bits per heavy atom. The molecule has 3 rings (SSSR count). The van der Waals surface area contributed by atoms with Crippen molar-refractivity contribution in [2.75, 3.05) is 20.2 Å². The molecule has 8 heteroatoms. The van der Waals surface area contributed by atoms with Gasteiger partial charge in [0, 0.05) is 13.1 Å². The molecule has 0 aliphatic heterocycles. The van der Waals surface area contributed by atoms with E-state index in [1.165, 1.54) is 18.2 Å². The number of nitrogens with zero attached hydrogens (tertiary/aromatic N) is 1. The molecule has 0 spiro atoms. The summed E-state index contributed by atoms with van der Waals surface area (Å²) >= 11 is 0. The maximum atomic E-state index is 14.3. The van der Waals surface area contributed by atoms with Gasteiger partial charge in [-0.25, -0.2) is 12.8 Å². The summed E-state index contributed by atoms with van der Waals surface area (Å²) < 4.78 is 46.6. The first kappa shape index (κ1) is 23.4. The van der Waals surface area contributed by atoms with Gasteiger partial charge in [-0.15, -0.1) is 0 Å². The Bertz CT molecular complexity index is 1140. The van der Waals surface area contributed by atoms with Gasteiger partial charge >= 0.3 is 0 Å². The molecule has 168 valence electrons. The van der Waals surface area contributed by atoms with Gasteiger partial charge in [-0.2, -0.15) is 4.31 Å². The van der Waals surface area contributed by atoms with E-state index < -0.39 is 33.2 Å². The standard InChI is InChI=1S/C24H25FN2O4S/c1-31-21-13-11-19(12-14-21)15-16-26-24(28)18-27(17-20-7-3-2-4-8-20)32(29,30)23-10-6-5-9-22(23)25/h2-14H,15-18H2,1H3,(H,26,28). The second-order valence-electron chi connectivity index (χ2n) is 7.14. The molecule has 0 bridgehead atoms. The molecule has 0 heterocycles. The number of nitrogens with one attached hydrogen (secondary N) is 1. The van der Waals surface area contributed by atoms with Crippen LogP contribution in [0.5, 0.6) is 5.75 Å². The van der Waals surface area contributed by atoms with Crippen LogP contribution in [0, 0.1) is 5.82 Å². The number of carbonyl (C=O) groups excluding carboxylic acids is 1. The second kappa shape index (κ2) is 10.9. The van der Waals surface area contributed by atoms with Crippen LogP contribution in [-0.2, 0) is 27.8 Å². The predicted molar refractivity (Wildman–Crippen MR) is 120 cm³/mol. The average molecular weight is 457 g/mol. The number of halogens is 1. The topological polar surface area (TPSA) is 75.7 Å². The number of ether oxygens (including phenoxy) is 1. The van der Waals surface area contributed by atoms with Crippen molar-refractivity contribution in [2.24, 2.45) is 0 Å². The predicted octanol–water partition coefficient (Wildman–Crippen LogP) is 3.38. The van der Waals surface area contributed by atoms with Crippen LogP contribution >= 0.6 is 0 Å². The summed E-state index contributed by atoms with van der Waals surface area (Å²) in [4.78, 5) is 12.1. The van der Waals surface area contributed by atoms with Gasteiger partial charge in [0.25, 0.3) is 0 Å². The van der Waals surface area contributed by atoms with Crippen molar-refractivity contribution >= 4 is 15.9 Å². The van der Waals surface area contributed by atoms with Crippen LogP contribution in [0.1, 0.15) is 11.1 Å². The van der Waals surface area contributed by atoms with Gasteiger partial charge in [-0.1, -0.05) is 54.6 Å². The van der Waals surface area contributed by atoms with E-state index in [1.54, 1.807) is 31.4 Å². The summed E-state index contributed by atoms with van der Waals surface area (Å²) in [6.45, 7) is -0.137. The molecule has 3 aromatic rings. The number of carbonyl (C=O) groups is 1. The largest absolute Gasteiger partial charge is 0.497 e. The van der Waals surface area contributed by atoms with Gasteiger partial charge in [-0.3, -0.25) is 4.79 Å². The van der Waals surface area contributed by atoms with Gasteiger partial charge in [-0.05, 0) is 41.8 Å². The van der Waals surface area contributed by atoms with E-state index in [9.17, 15) is 17.6 Å². The summed E-state index contributed by atoms with van der Waals surface area (Å²) in [5.74, 6) is -0.576. The molecule has 1 amide bonds. The Kier molecular flexibility index (Phi) is 7.97. The molecule has 0 aliphatic rings. The van der Waals surface area contributed by atoms with E-state index in [-0.39, 0.29) is 6.54 Å². The van der Waals surface area contributed by atoms with Crippen LogP contribution in [0.3, 0.4) is 0 Å². The fourth-order valence-corrected chi connectivity index (χ4v) is 4.61. The summed E-state index contributed by atoms with van der Waals surface area (Å²) in [5, 5.41) is 2.74. The Balaban J connectivity index is 1.70. The minimum Gasteiger partial charge on any atom is -0.497 e. The molecule has 32 heavy (non-hydrogen) atoms. The first-order chi connectivity index (χ1) is 15.4. The highest BCUT2D eigenvalue weighted by Gasteiger charge is 2.29. The van der Waals surface area contributed by atoms with Crippen molar-refractivity contribution in [3.8, 4) is 5.75 Å².